The van der Waals surface area contributed by atoms with Crippen LogP contribution in [-0.4, -0.2) is 47.2 Å². The molecule has 0 saturated carbocycles. The number of alkyl halides is 7. The van der Waals surface area contributed by atoms with Crippen LogP contribution in [0.15, 0.2) is 97.1 Å². The first kappa shape index (κ1) is 37.7. The molecule has 49 heavy (non-hydrogen) atoms. The molecule has 0 bridgehead atoms. The highest BCUT2D eigenvalue weighted by molar-refractivity contribution is 14.1. The molecular formula is C35H30ClF6IN2O4. The molecule has 0 unspecified atom stereocenters. The van der Waals surface area contributed by atoms with Crippen LogP contribution >= 0.6 is 34.2 Å². The molecule has 0 fully saturated rings. The predicted octanol–water partition coefficient (Wildman–Crippen LogP) is 8.89. The van der Waals surface area contributed by atoms with Crippen LogP contribution < -0.4 is 0 Å². The second-order valence-electron chi connectivity index (χ2n) is 10.4. The van der Waals surface area contributed by atoms with Crippen molar-refractivity contribution in [2.75, 3.05) is 14.3 Å². The molecule has 2 heterocycles. The van der Waals surface area contributed by atoms with Gasteiger partial charge in [0.15, 0.2) is 0 Å². The normalized spacial score (nSPS) is 13.4. The summed E-state index contributed by atoms with van der Waals surface area (Å²) in [4.78, 5) is 37.7. The Kier molecular flexibility index (Phi) is 13.5. The molecule has 6 rings (SSSR count). The Morgan fingerprint density at radius 3 is 1.59 bits per heavy atom. The lowest BCUT2D eigenvalue weighted by molar-refractivity contribution is -0.157. The van der Waals surface area contributed by atoms with E-state index < -0.39 is 36.2 Å². The number of ether oxygens (including phenoxy) is 1. The molecule has 0 N–H and O–H groups in total. The summed E-state index contributed by atoms with van der Waals surface area (Å²) < 4.78 is 82.0. The van der Waals surface area contributed by atoms with E-state index in [-0.39, 0.29) is 18.0 Å². The van der Waals surface area contributed by atoms with Gasteiger partial charge >= 0.3 is 17.5 Å². The van der Waals surface area contributed by atoms with Gasteiger partial charge in [-0.05, 0) is 68.6 Å². The molecular weight excluding hydrogens is 789 g/mol. The van der Waals surface area contributed by atoms with Crippen LogP contribution in [0.4, 0.5) is 26.3 Å². The number of amides is 2. The van der Waals surface area contributed by atoms with E-state index in [2.05, 4.69) is 51.1 Å². The molecule has 0 radical (unpaired) electrons. The predicted molar refractivity (Wildman–Crippen MR) is 180 cm³/mol. The summed E-state index contributed by atoms with van der Waals surface area (Å²) in [6, 6.07) is 29.3. The highest BCUT2D eigenvalue weighted by atomic mass is 127. The van der Waals surface area contributed by atoms with Crippen molar-refractivity contribution >= 4 is 52.0 Å². The van der Waals surface area contributed by atoms with E-state index in [9.17, 15) is 40.7 Å². The Morgan fingerprint density at radius 1 is 0.776 bits per heavy atom. The SMILES string of the molecule is COC(=O)C(F)(F)Cl.O=C1c2c(I)cccc2CN1Cc1ccccc1.O=C1c2c(cccc2C(F)(F)F)CN1Cc1ccccc1.[2H]CF. The third kappa shape index (κ3) is 10.4. The van der Waals surface area contributed by atoms with E-state index in [0.717, 1.165) is 40.0 Å². The van der Waals surface area contributed by atoms with Crippen molar-refractivity contribution < 1.29 is 46.8 Å². The van der Waals surface area contributed by atoms with Gasteiger partial charge in [-0.2, -0.15) is 22.0 Å². The molecule has 4 aromatic carbocycles. The van der Waals surface area contributed by atoms with Gasteiger partial charge in [0.05, 0.1) is 32.3 Å². The number of carbonyl (C=O) groups excluding carboxylic acids is 3. The lowest BCUT2D eigenvalue weighted by Crippen LogP contribution is -2.24. The van der Waals surface area contributed by atoms with E-state index >= 15 is 0 Å². The maximum Gasteiger partial charge on any atom is 0.417 e. The number of rotatable bonds is 5. The molecule has 0 saturated heterocycles. The molecule has 0 aliphatic carbocycles. The van der Waals surface area contributed by atoms with Crippen molar-refractivity contribution in [3.8, 4) is 0 Å². The minimum atomic E-state index is -4.51. The van der Waals surface area contributed by atoms with Crippen LogP contribution in [0.3, 0.4) is 0 Å². The Balaban J connectivity index is 0.000000212. The fourth-order valence-corrected chi connectivity index (χ4v) is 5.87. The largest absolute Gasteiger partial charge is 0.464 e. The third-order valence-corrected chi connectivity index (χ3v) is 8.18. The Hall–Kier alpha value is -4.11. The number of nitrogens with zero attached hydrogens (tertiary/aromatic N) is 2. The topological polar surface area (TPSA) is 66.9 Å². The van der Waals surface area contributed by atoms with Gasteiger partial charge in [-0.3, -0.25) is 14.0 Å². The fourth-order valence-electron chi connectivity index (χ4n) is 5.01. The number of fused-ring (bicyclic) bond motifs is 2. The quantitative estimate of drug-likeness (QED) is 0.0874. The molecule has 0 aromatic heterocycles. The molecule has 4 aromatic rings. The van der Waals surface area contributed by atoms with Gasteiger partial charge in [-0.1, -0.05) is 84.9 Å². The number of esters is 1. The van der Waals surface area contributed by atoms with Gasteiger partial charge < -0.3 is 14.5 Å². The lowest BCUT2D eigenvalue weighted by Gasteiger charge is -2.16. The van der Waals surface area contributed by atoms with Crippen LogP contribution in [0.1, 0.15) is 49.9 Å². The van der Waals surface area contributed by atoms with Gasteiger partial charge in [-0.15, -0.1) is 0 Å². The highest BCUT2D eigenvalue weighted by Gasteiger charge is 2.40. The van der Waals surface area contributed by atoms with Gasteiger partial charge in [0.1, 0.15) is 0 Å². The van der Waals surface area contributed by atoms with Crippen molar-refractivity contribution in [3.63, 3.8) is 0 Å². The van der Waals surface area contributed by atoms with Crippen LogP contribution in [0.2, 0.25) is 0 Å². The van der Waals surface area contributed by atoms with Crippen molar-refractivity contribution in [3.05, 3.63) is 140 Å². The first-order chi connectivity index (χ1) is 23.6. The Bertz CT molecular complexity index is 1760. The molecule has 0 spiro atoms. The minimum Gasteiger partial charge on any atom is -0.464 e. The second kappa shape index (κ2) is 17.5. The van der Waals surface area contributed by atoms with Crippen molar-refractivity contribution in [2.24, 2.45) is 0 Å². The first-order valence-electron chi connectivity index (χ1n) is 15.0. The van der Waals surface area contributed by atoms with Gasteiger partial charge in [0, 0.05) is 29.7 Å². The van der Waals surface area contributed by atoms with Crippen molar-refractivity contribution in [1.29, 1.82) is 0 Å². The molecule has 0 atom stereocenters. The van der Waals surface area contributed by atoms with Gasteiger partial charge in [-0.25, -0.2) is 4.79 Å². The third-order valence-electron chi connectivity index (χ3n) is 7.13. The number of benzene rings is 4. The zero-order valence-electron chi connectivity index (χ0n) is 26.8. The van der Waals surface area contributed by atoms with E-state index in [1.54, 1.807) is 6.07 Å². The molecule has 14 heteroatoms. The number of carbonyl (C=O) groups is 3. The summed E-state index contributed by atoms with van der Waals surface area (Å²) in [5.41, 5.74) is 3.48. The minimum absolute atomic E-state index is 0.152. The monoisotopic (exact) mass is 819 g/mol. The lowest BCUT2D eigenvalue weighted by atomic mass is 10.0. The van der Waals surface area contributed by atoms with E-state index in [0.29, 0.717) is 18.7 Å². The van der Waals surface area contributed by atoms with Gasteiger partial charge in [0.25, 0.3) is 11.8 Å². The number of hydrogen-bond acceptors (Lipinski definition) is 4. The molecule has 2 aliphatic heterocycles. The highest BCUT2D eigenvalue weighted by Crippen LogP contribution is 2.37. The second-order valence-corrected chi connectivity index (χ2v) is 12.0. The van der Waals surface area contributed by atoms with Crippen LogP contribution in [-0.2, 0) is 41.9 Å². The van der Waals surface area contributed by atoms with E-state index in [1.165, 1.54) is 16.5 Å². The summed E-state index contributed by atoms with van der Waals surface area (Å²) in [5.74, 6) is -2.14. The smallest absolute Gasteiger partial charge is 0.417 e. The zero-order valence-corrected chi connectivity index (χ0v) is 28.7. The summed E-state index contributed by atoms with van der Waals surface area (Å²) in [6.45, 7) is 1.93. The number of methoxy groups -OCH3 is 1. The van der Waals surface area contributed by atoms with E-state index in [1.807, 2.05) is 71.6 Å². The summed E-state index contributed by atoms with van der Waals surface area (Å²) in [5, 5.41) is -3.88. The van der Waals surface area contributed by atoms with E-state index in [4.69, 9.17) is 1.37 Å². The van der Waals surface area contributed by atoms with Crippen LogP contribution in [0, 0.1) is 3.57 Å². The Morgan fingerprint density at radius 2 is 1.20 bits per heavy atom. The van der Waals surface area contributed by atoms with Crippen molar-refractivity contribution in [2.45, 2.75) is 37.7 Å². The van der Waals surface area contributed by atoms with Gasteiger partial charge in [0.2, 0.25) is 0 Å². The Labute approximate surface area is 299 Å². The van der Waals surface area contributed by atoms with Crippen LogP contribution in [0.25, 0.3) is 0 Å². The molecule has 2 amide bonds. The maximum atomic E-state index is 13.0. The maximum absolute atomic E-state index is 13.0. The standard InChI is InChI=1S/C16H12F3NO.C15H12INO.C3H3ClF2O2.CH3F/c17-16(18,19)13-8-4-7-12-10-20(15(21)14(12)13)9-11-5-2-1-3-6-11;16-13-8-4-7-12-10-17(15(18)14(12)13)9-11-5-2-1-3-6-11;1-8-2(7)3(4,5)6;1-2/h1-8H,9-10H2;1-8H,9-10H2;1H3;1H3/i;;;1D. The average Bonchev–Trinajstić information content (AvgIpc) is 3.57. The number of halogens is 8. The summed E-state index contributed by atoms with van der Waals surface area (Å²) in [6.07, 6.45) is -4.51. The molecule has 6 nitrogen and oxygen atoms in total. The molecule has 2 aliphatic rings. The van der Waals surface area contributed by atoms with Crippen LogP contribution in [0.5, 0.6) is 0 Å². The molecule has 260 valence electrons. The van der Waals surface area contributed by atoms with Crippen molar-refractivity contribution in [1.82, 2.24) is 9.80 Å². The number of hydrogen-bond donors (Lipinski definition) is 0. The first-order valence-corrected chi connectivity index (χ1v) is 15.7. The summed E-state index contributed by atoms with van der Waals surface area (Å²) >= 11 is 6.41. The zero-order chi connectivity index (χ0) is 37.1. The average molecular weight is 820 g/mol. The summed E-state index contributed by atoms with van der Waals surface area (Å²) in [7, 11) is -0.168. The fraction of sp³-hybridized carbons (Fsp3) is 0.229.